The molecule has 0 aliphatic heterocycles. The Morgan fingerprint density at radius 3 is 1.67 bits per heavy atom. The van der Waals surface area contributed by atoms with Gasteiger partial charge in [0.05, 0.1) is 5.69 Å². The Morgan fingerprint density at radius 2 is 0.923 bits per heavy atom. The van der Waals surface area contributed by atoms with Crippen LogP contribution >= 0.6 is 0 Å². The standard InChI is InChI=1S/C49H31N3/c1-2-15-39-32(10-1)11-8-20-40(39)33-21-23-34(24-22-33)48-47(36-13-7-12-35(28-36)38-14-9-27-50-30-38)31-51-49(52-48)37-25-26-45-43-18-4-3-16-41(43)42-17-5-6-19-44(42)46(45)29-37/h1-31H. The van der Waals surface area contributed by atoms with Crippen molar-refractivity contribution in [1.82, 2.24) is 15.0 Å². The first kappa shape index (κ1) is 29.9. The summed E-state index contributed by atoms with van der Waals surface area (Å²) in [6.45, 7) is 0. The Morgan fingerprint density at radius 1 is 0.327 bits per heavy atom. The van der Waals surface area contributed by atoms with Crippen LogP contribution in [-0.2, 0) is 0 Å². The van der Waals surface area contributed by atoms with E-state index in [0.29, 0.717) is 5.82 Å². The van der Waals surface area contributed by atoms with Gasteiger partial charge in [0.2, 0.25) is 0 Å². The summed E-state index contributed by atoms with van der Waals surface area (Å²) in [5.41, 5.74) is 9.49. The van der Waals surface area contributed by atoms with Gasteiger partial charge in [-0.25, -0.2) is 9.97 Å². The second-order valence-electron chi connectivity index (χ2n) is 13.2. The fraction of sp³-hybridized carbons (Fsp3) is 0. The number of rotatable bonds is 5. The molecule has 0 amide bonds. The minimum absolute atomic E-state index is 0.694. The van der Waals surface area contributed by atoms with E-state index in [1.165, 1.54) is 54.2 Å². The molecule has 0 saturated carbocycles. The van der Waals surface area contributed by atoms with Gasteiger partial charge in [-0.15, -0.1) is 0 Å². The van der Waals surface area contributed by atoms with E-state index in [1.807, 2.05) is 18.5 Å². The van der Waals surface area contributed by atoms with Gasteiger partial charge in [0, 0.05) is 40.8 Å². The summed E-state index contributed by atoms with van der Waals surface area (Å²) >= 11 is 0. The van der Waals surface area contributed by atoms with E-state index in [0.717, 1.165) is 39.1 Å². The minimum atomic E-state index is 0.694. The van der Waals surface area contributed by atoms with Gasteiger partial charge in [0.1, 0.15) is 0 Å². The number of benzene rings is 8. The first-order valence-electron chi connectivity index (χ1n) is 17.6. The van der Waals surface area contributed by atoms with E-state index in [-0.39, 0.29) is 0 Å². The zero-order chi connectivity index (χ0) is 34.4. The molecule has 242 valence electrons. The van der Waals surface area contributed by atoms with Crippen molar-refractivity contribution in [3.05, 3.63) is 188 Å². The Kier molecular flexibility index (Phi) is 7.14. The highest BCUT2D eigenvalue weighted by Gasteiger charge is 2.16. The topological polar surface area (TPSA) is 38.7 Å². The van der Waals surface area contributed by atoms with Crippen LogP contribution in [0.4, 0.5) is 0 Å². The summed E-state index contributed by atoms with van der Waals surface area (Å²) in [5.74, 6) is 0.694. The van der Waals surface area contributed by atoms with E-state index < -0.39 is 0 Å². The van der Waals surface area contributed by atoms with E-state index in [2.05, 4.69) is 169 Å². The maximum Gasteiger partial charge on any atom is 0.159 e. The third kappa shape index (κ3) is 5.10. The predicted molar refractivity (Wildman–Crippen MR) is 217 cm³/mol. The molecule has 8 aromatic carbocycles. The average molecular weight is 662 g/mol. The fourth-order valence-corrected chi connectivity index (χ4v) is 7.68. The Hall–Kier alpha value is -6.97. The molecule has 3 heteroatoms. The summed E-state index contributed by atoms with van der Waals surface area (Å²) in [6, 6.07) is 60.5. The number of nitrogens with zero attached hydrogens (tertiary/aromatic N) is 3. The molecule has 52 heavy (non-hydrogen) atoms. The van der Waals surface area contributed by atoms with Gasteiger partial charge in [0.25, 0.3) is 0 Å². The van der Waals surface area contributed by atoms with Crippen molar-refractivity contribution in [1.29, 1.82) is 0 Å². The Balaban J connectivity index is 1.15. The lowest BCUT2D eigenvalue weighted by molar-refractivity contribution is 1.18. The van der Waals surface area contributed by atoms with Crippen LogP contribution in [0.5, 0.6) is 0 Å². The van der Waals surface area contributed by atoms with Gasteiger partial charge in [-0.3, -0.25) is 4.98 Å². The van der Waals surface area contributed by atoms with Crippen LogP contribution in [0.25, 0.3) is 99.1 Å². The maximum atomic E-state index is 5.37. The molecule has 0 N–H and O–H groups in total. The lowest BCUT2D eigenvalue weighted by atomic mass is 9.93. The van der Waals surface area contributed by atoms with Crippen LogP contribution in [0.2, 0.25) is 0 Å². The molecule has 3 nitrogen and oxygen atoms in total. The minimum Gasteiger partial charge on any atom is -0.264 e. The molecule has 0 aliphatic rings. The molecule has 0 saturated heterocycles. The van der Waals surface area contributed by atoms with Crippen LogP contribution in [0.15, 0.2) is 188 Å². The molecule has 2 aromatic heterocycles. The number of pyridine rings is 1. The number of aromatic nitrogens is 3. The highest BCUT2D eigenvalue weighted by atomic mass is 14.9. The molecule has 0 radical (unpaired) electrons. The van der Waals surface area contributed by atoms with Crippen LogP contribution in [-0.4, -0.2) is 15.0 Å². The molecule has 0 unspecified atom stereocenters. The summed E-state index contributed by atoms with van der Waals surface area (Å²) < 4.78 is 0. The van der Waals surface area contributed by atoms with E-state index in [1.54, 1.807) is 6.20 Å². The molecular formula is C49H31N3. The van der Waals surface area contributed by atoms with Crippen molar-refractivity contribution in [3.63, 3.8) is 0 Å². The SMILES string of the molecule is c1cncc(-c2cccc(-c3cnc(-c4ccc5c6ccccc6c6ccccc6c5c4)nc3-c3ccc(-c4cccc5ccccc45)cc3)c2)c1. The molecule has 0 spiro atoms. The largest absolute Gasteiger partial charge is 0.264 e. The van der Waals surface area contributed by atoms with Crippen molar-refractivity contribution in [2.24, 2.45) is 0 Å². The normalized spacial score (nSPS) is 11.5. The summed E-state index contributed by atoms with van der Waals surface area (Å²) in [6.07, 6.45) is 5.69. The van der Waals surface area contributed by atoms with Crippen LogP contribution in [0.1, 0.15) is 0 Å². The number of hydrogen-bond acceptors (Lipinski definition) is 3. The summed E-state index contributed by atoms with van der Waals surface area (Å²) in [7, 11) is 0. The van der Waals surface area contributed by atoms with E-state index in [4.69, 9.17) is 9.97 Å². The molecule has 10 aromatic rings. The number of hydrogen-bond donors (Lipinski definition) is 0. The lowest BCUT2D eigenvalue weighted by Gasteiger charge is -2.14. The van der Waals surface area contributed by atoms with Gasteiger partial charge < -0.3 is 0 Å². The maximum absolute atomic E-state index is 5.37. The van der Waals surface area contributed by atoms with Crippen molar-refractivity contribution in [2.75, 3.05) is 0 Å². The van der Waals surface area contributed by atoms with Crippen LogP contribution in [0, 0.1) is 0 Å². The molecule has 0 aliphatic carbocycles. The van der Waals surface area contributed by atoms with Crippen molar-refractivity contribution >= 4 is 43.1 Å². The van der Waals surface area contributed by atoms with Crippen molar-refractivity contribution < 1.29 is 0 Å². The second-order valence-corrected chi connectivity index (χ2v) is 13.2. The Bertz CT molecular complexity index is 2910. The summed E-state index contributed by atoms with van der Waals surface area (Å²) in [4.78, 5) is 14.8. The third-order valence-corrected chi connectivity index (χ3v) is 10.2. The number of fused-ring (bicyclic) bond motifs is 7. The zero-order valence-corrected chi connectivity index (χ0v) is 28.2. The lowest BCUT2D eigenvalue weighted by Crippen LogP contribution is -1.97. The molecule has 2 heterocycles. The zero-order valence-electron chi connectivity index (χ0n) is 28.2. The van der Waals surface area contributed by atoms with Gasteiger partial charge in [-0.2, -0.15) is 0 Å². The molecule has 0 atom stereocenters. The van der Waals surface area contributed by atoms with Crippen LogP contribution in [0.3, 0.4) is 0 Å². The van der Waals surface area contributed by atoms with Gasteiger partial charge in [-0.1, -0.05) is 152 Å². The summed E-state index contributed by atoms with van der Waals surface area (Å²) in [5, 5.41) is 9.89. The van der Waals surface area contributed by atoms with Crippen LogP contribution < -0.4 is 0 Å². The average Bonchev–Trinajstić information content (AvgIpc) is 3.23. The van der Waals surface area contributed by atoms with Gasteiger partial charge in [0.15, 0.2) is 5.82 Å². The Labute approximate surface area is 301 Å². The van der Waals surface area contributed by atoms with E-state index in [9.17, 15) is 0 Å². The quantitative estimate of drug-likeness (QED) is 0.172. The molecule has 10 rings (SSSR count). The van der Waals surface area contributed by atoms with Crippen molar-refractivity contribution in [2.45, 2.75) is 0 Å². The molecule has 0 bridgehead atoms. The van der Waals surface area contributed by atoms with E-state index >= 15 is 0 Å². The van der Waals surface area contributed by atoms with Crippen molar-refractivity contribution in [3.8, 4) is 56.0 Å². The highest BCUT2D eigenvalue weighted by molar-refractivity contribution is 6.25. The highest BCUT2D eigenvalue weighted by Crippen LogP contribution is 2.39. The van der Waals surface area contributed by atoms with Gasteiger partial charge in [-0.05, 0) is 83.5 Å². The molecular weight excluding hydrogens is 631 g/mol. The molecule has 0 fully saturated rings. The first-order chi connectivity index (χ1) is 25.8. The third-order valence-electron chi connectivity index (χ3n) is 10.2. The smallest absolute Gasteiger partial charge is 0.159 e. The second kappa shape index (κ2) is 12.4. The fourth-order valence-electron chi connectivity index (χ4n) is 7.68. The predicted octanol–water partition coefficient (Wildman–Crippen LogP) is 12.8. The van der Waals surface area contributed by atoms with Gasteiger partial charge >= 0.3 is 0 Å². The monoisotopic (exact) mass is 661 g/mol. The first-order valence-corrected chi connectivity index (χ1v) is 17.6.